The molecule has 0 atom stereocenters. The van der Waals surface area contributed by atoms with E-state index in [-0.39, 0.29) is 26.1 Å². The monoisotopic (exact) mass is 250 g/mol. The number of rotatable bonds is 5. The Kier molecular flexibility index (Phi) is 4.95. The van der Waals surface area contributed by atoms with Gasteiger partial charge in [0.15, 0.2) is 0 Å². The topological polar surface area (TPSA) is 75.7 Å². The Morgan fingerprint density at radius 1 is 1.35 bits per heavy atom. The van der Waals surface area contributed by atoms with Crippen molar-refractivity contribution >= 4 is 17.7 Å². The quantitative estimate of drug-likeness (QED) is 0.509. The summed E-state index contributed by atoms with van der Waals surface area (Å²) < 4.78 is 27.9. The van der Waals surface area contributed by atoms with Crippen LogP contribution in [-0.4, -0.2) is 55.4 Å². The molecule has 1 rings (SSSR count). The molecule has 0 aromatic rings. The Bertz CT molecular complexity index is 306. The van der Waals surface area contributed by atoms with Crippen molar-refractivity contribution in [2.24, 2.45) is 0 Å². The number of amides is 3. The second-order valence-corrected chi connectivity index (χ2v) is 3.44. The van der Waals surface area contributed by atoms with Crippen LogP contribution in [0.2, 0.25) is 0 Å². The summed E-state index contributed by atoms with van der Waals surface area (Å²) in [6.45, 7) is -1.28. The zero-order valence-electron chi connectivity index (χ0n) is 8.95. The van der Waals surface area contributed by atoms with Crippen molar-refractivity contribution in [3.63, 3.8) is 0 Å². The molecule has 6 nitrogen and oxygen atoms in total. The molecule has 1 aliphatic rings. The summed E-state index contributed by atoms with van der Waals surface area (Å²) in [7, 11) is 0. The number of nitrogens with zero attached hydrogens (tertiary/aromatic N) is 1. The minimum atomic E-state index is -2.58. The van der Waals surface area contributed by atoms with Crippen LogP contribution in [0.3, 0.4) is 0 Å². The smallest absolute Gasteiger partial charge is 0.261 e. The summed E-state index contributed by atoms with van der Waals surface area (Å²) in [6, 6.07) is 0. The van der Waals surface area contributed by atoms with Gasteiger partial charge in [-0.15, -0.1) is 0 Å². The lowest BCUT2D eigenvalue weighted by atomic mass is 10.3. The van der Waals surface area contributed by atoms with Gasteiger partial charge in [0.25, 0.3) is 6.43 Å². The van der Waals surface area contributed by atoms with E-state index in [0.29, 0.717) is 0 Å². The predicted octanol–water partition coefficient (Wildman–Crippen LogP) is -0.857. The summed E-state index contributed by atoms with van der Waals surface area (Å²) >= 11 is 0. The van der Waals surface area contributed by atoms with Crippen LogP contribution in [-0.2, 0) is 19.1 Å². The summed E-state index contributed by atoms with van der Waals surface area (Å²) in [6.07, 6.45) is -2.71. The van der Waals surface area contributed by atoms with Crippen LogP contribution in [0, 0.1) is 0 Å². The third-order valence-corrected chi connectivity index (χ3v) is 2.00. The molecular weight excluding hydrogens is 238 g/mol. The van der Waals surface area contributed by atoms with Gasteiger partial charge < -0.3 is 9.64 Å². The molecular formula is C9H12F2N2O4. The molecule has 0 spiro atoms. The molecule has 0 aliphatic carbocycles. The molecule has 1 N–H and O–H groups in total. The summed E-state index contributed by atoms with van der Waals surface area (Å²) in [4.78, 5) is 34.4. The van der Waals surface area contributed by atoms with Gasteiger partial charge >= 0.3 is 0 Å². The molecule has 0 bridgehead atoms. The average Bonchev–Trinajstić information content (AvgIpc) is 2.22. The van der Waals surface area contributed by atoms with Crippen molar-refractivity contribution in [1.29, 1.82) is 0 Å². The van der Waals surface area contributed by atoms with Gasteiger partial charge in [0.05, 0.1) is 13.0 Å². The summed E-state index contributed by atoms with van der Waals surface area (Å²) in [5.41, 5.74) is 0. The maximum atomic E-state index is 11.7. The van der Waals surface area contributed by atoms with E-state index in [1.165, 1.54) is 0 Å². The van der Waals surface area contributed by atoms with Crippen molar-refractivity contribution in [1.82, 2.24) is 10.2 Å². The SMILES string of the molecule is O=C1CN(C(=O)CCOCC(F)F)CC(=O)N1. The molecule has 1 fully saturated rings. The summed E-state index contributed by atoms with van der Waals surface area (Å²) in [5.74, 6) is -1.58. The van der Waals surface area contributed by atoms with Gasteiger partial charge in [0, 0.05) is 0 Å². The van der Waals surface area contributed by atoms with Gasteiger partial charge in [-0.1, -0.05) is 0 Å². The number of nitrogens with one attached hydrogen (secondary N) is 1. The van der Waals surface area contributed by atoms with Crippen molar-refractivity contribution in [2.75, 3.05) is 26.3 Å². The number of imide groups is 1. The first kappa shape index (κ1) is 13.5. The van der Waals surface area contributed by atoms with Crippen molar-refractivity contribution in [2.45, 2.75) is 12.8 Å². The zero-order chi connectivity index (χ0) is 12.8. The average molecular weight is 250 g/mol. The normalized spacial score (nSPS) is 16.3. The Balaban J connectivity index is 2.27. The van der Waals surface area contributed by atoms with E-state index in [4.69, 9.17) is 0 Å². The van der Waals surface area contributed by atoms with Crippen LogP contribution >= 0.6 is 0 Å². The number of ether oxygens (including phenoxy) is 1. The van der Waals surface area contributed by atoms with Crippen LogP contribution in [0.4, 0.5) is 8.78 Å². The molecule has 0 aromatic carbocycles. The Labute approximate surface area is 95.9 Å². The highest BCUT2D eigenvalue weighted by Crippen LogP contribution is 2.00. The first-order valence-corrected chi connectivity index (χ1v) is 4.95. The minimum Gasteiger partial charge on any atom is -0.375 e. The molecule has 17 heavy (non-hydrogen) atoms. The van der Waals surface area contributed by atoms with Gasteiger partial charge in [-0.05, 0) is 0 Å². The number of carbonyl (C=O) groups is 3. The fourth-order valence-corrected chi connectivity index (χ4v) is 1.30. The van der Waals surface area contributed by atoms with Crippen molar-refractivity contribution in [3.05, 3.63) is 0 Å². The molecule has 1 saturated heterocycles. The number of halogens is 2. The molecule has 1 heterocycles. The lowest BCUT2D eigenvalue weighted by Gasteiger charge is -2.25. The molecule has 96 valence electrons. The highest BCUT2D eigenvalue weighted by molar-refractivity contribution is 6.02. The van der Waals surface area contributed by atoms with E-state index in [2.05, 4.69) is 4.74 Å². The van der Waals surface area contributed by atoms with Gasteiger partial charge in [-0.3, -0.25) is 19.7 Å². The van der Waals surface area contributed by atoms with Gasteiger partial charge in [-0.25, -0.2) is 8.78 Å². The summed E-state index contributed by atoms with van der Waals surface area (Å²) in [5, 5.41) is 2.04. The van der Waals surface area contributed by atoms with Crippen LogP contribution < -0.4 is 5.32 Å². The van der Waals surface area contributed by atoms with Crippen molar-refractivity contribution in [3.8, 4) is 0 Å². The number of hydrogen-bond donors (Lipinski definition) is 1. The molecule has 0 saturated carbocycles. The maximum absolute atomic E-state index is 11.7. The number of carbonyl (C=O) groups excluding carboxylic acids is 3. The maximum Gasteiger partial charge on any atom is 0.261 e. The molecule has 8 heteroatoms. The Morgan fingerprint density at radius 2 is 1.94 bits per heavy atom. The van der Waals surface area contributed by atoms with Crippen LogP contribution in [0.1, 0.15) is 6.42 Å². The highest BCUT2D eigenvalue weighted by Gasteiger charge is 2.25. The first-order valence-electron chi connectivity index (χ1n) is 4.95. The largest absolute Gasteiger partial charge is 0.375 e. The van der Waals surface area contributed by atoms with E-state index in [1.54, 1.807) is 0 Å². The second kappa shape index (κ2) is 6.24. The van der Waals surface area contributed by atoms with E-state index in [0.717, 1.165) is 4.90 Å². The third-order valence-electron chi connectivity index (χ3n) is 2.00. The lowest BCUT2D eigenvalue weighted by molar-refractivity contribution is -0.146. The Hall–Kier alpha value is -1.57. The first-order chi connectivity index (χ1) is 7.99. The standard InChI is InChI=1S/C9H12F2N2O4/c10-6(11)5-17-2-1-9(16)13-3-7(14)12-8(15)4-13/h6H,1-5H2,(H,12,14,15). The zero-order valence-corrected chi connectivity index (χ0v) is 8.95. The van der Waals surface area contributed by atoms with Gasteiger partial charge in [0.2, 0.25) is 17.7 Å². The third kappa shape index (κ3) is 4.85. The molecule has 0 radical (unpaired) electrons. The number of hydrogen-bond acceptors (Lipinski definition) is 4. The lowest BCUT2D eigenvalue weighted by Crippen LogP contribution is -2.53. The van der Waals surface area contributed by atoms with E-state index >= 15 is 0 Å². The van der Waals surface area contributed by atoms with Crippen molar-refractivity contribution < 1.29 is 27.9 Å². The minimum absolute atomic E-state index is 0.132. The van der Waals surface area contributed by atoms with Crippen LogP contribution in [0.25, 0.3) is 0 Å². The van der Waals surface area contributed by atoms with Gasteiger partial charge in [-0.2, -0.15) is 0 Å². The van der Waals surface area contributed by atoms with Gasteiger partial charge in [0.1, 0.15) is 19.7 Å². The molecule has 0 unspecified atom stereocenters. The van der Waals surface area contributed by atoms with Crippen LogP contribution in [0.5, 0.6) is 0 Å². The predicted molar refractivity (Wildman–Crippen MR) is 51.2 cm³/mol. The fraction of sp³-hybridized carbons (Fsp3) is 0.667. The highest BCUT2D eigenvalue weighted by atomic mass is 19.3. The van der Waals surface area contributed by atoms with E-state index in [1.807, 2.05) is 5.32 Å². The Morgan fingerprint density at radius 3 is 2.47 bits per heavy atom. The molecule has 1 aliphatic heterocycles. The van der Waals surface area contributed by atoms with Crippen LogP contribution in [0.15, 0.2) is 0 Å². The van der Waals surface area contributed by atoms with E-state index < -0.39 is 30.8 Å². The number of piperazine rings is 1. The van der Waals surface area contributed by atoms with E-state index in [9.17, 15) is 23.2 Å². The number of alkyl halides is 2. The fourth-order valence-electron chi connectivity index (χ4n) is 1.30. The molecule has 3 amide bonds. The second-order valence-electron chi connectivity index (χ2n) is 3.44. The molecule has 0 aromatic heterocycles.